The Kier molecular flexibility index (Phi) is 7.99. The Morgan fingerprint density at radius 2 is 1.33 bits per heavy atom. The molecule has 0 aliphatic heterocycles. The van der Waals surface area contributed by atoms with E-state index in [0.29, 0.717) is 0 Å². The number of hydrogen-bond acceptors (Lipinski definition) is 2. The zero-order valence-electron chi connectivity index (χ0n) is 11.9. The van der Waals surface area contributed by atoms with Gasteiger partial charge in [0.25, 0.3) is 0 Å². The average molecular weight is 265 g/mol. The van der Waals surface area contributed by atoms with Crippen molar-refractivity contribution in [1.82, 2.24) is 0 Å². The first-order valence-electron chi connectivity index (χ1n) is 7.32. The van der Waals surface area contributed by atoms with E-state index in [4.69, 9.17) is 0 Å². The molecule has 0 spiro atoms. The highest BCUT2D eigenvalue weighted by Crippen LogP contribution is 2.18. The fourth-order valence-electron chi connectivity index (χ4n) is 2.14. The second kappa shape index (κ2) is 9.32. The van der Waals surface area contributed by atoms with E-state index in [1.54, 1.807) is 0 Å². The molecule has 0 aliphatic carbocycles. The van der Waals surface area contributed by atoms with Gasteiger partial charge >= 0.3 is 0 Å². The highest BCUT2D eigenvalue weighted by molar-refractivity contribution is 7.80. The van der Waals surface area contributed by atoms with Crippen LogP contribution in [0.5, 0.6) is 0 Å². The monoisotopic (exact) mass is 265 g/mol. The van der Waals surface area contributed by atoms with Gasteiger partial charge in [-0.25, -0.2) is 0 Å². The van der Waals surface area contributed by atoms with Crippen LogP contribution >= 0.6 is 12.6 Å². The largest absolute Gasteiger partial charge is 0.372 e. The van der Waals surface area contributed by atoms with Crippen LogP contribution in [0.25, 0.3) is 0 Å². The summed E-state index contributed by atoms with van der Waals surface area (Å²) in [5, 5.41) is 0. The van der Waals surface area contributed by atoms with E-state index < -0.39 is 0 Å². The van der Waals surface area contributed by atoms with E-state index in [0.717, 1.165) is 4.90 Å². The number of thiol groups is 1. The predicted octanol–water partition coefficient (Wildman–Crippen LogP) is 5.16. The maximum absolute atomic E-state index is 4.35. The highest BCUT2D eigenvalue weighted by atomic mass is 32.1. The fraction of sp³-hybridized carbons (Fsp3) is 0.625. The lowest BCUT2D eigenvalue weighted by atomic mass is 10.2. The molecular weight excluding hydrogens is 238 g/mol. The van der Waals surface area contributed by atoms with E-state index in [1.807, 2.05) is 0 Å². The van der Waals surface area contributed by atoms with Crippen LogP contribution in [0.1, 0.15) is 52.4 Å². The van der Waals surface area contributed by atoms with Gasteiger partial charge in [0.1, 0.15) is 0 Å². The Bertz CT molecular complexity index is 297. The first kappa shape index (κ1) is 15.4. The van der Waals surface area contributed by atoms with E-state index in [1.165, 1.54) is 57.3 Å². The van der Waals surface area contributed by atoms with Crippen LogP contribution in [0, 0.1) is 0 Å². The molecule has 1 aromatic carbocycles. The van der Waals surface area contributed by atoms with E-state index in [-0.39, 0.29) is 0 Å². The van der Waals surface area contributed by atoms with E-state index in [9.17, 15) is 0 Å². The first-order chi connectivity index (χ1) is 8.77. The average Bonchev–Trinajstić information content (AvgIpc) is 2.38. The predicted molar refractivity (Wildman–Crippen MR) is 85.0 cm³/mol. The third-order valence-electron chi connectivity index (χ3n) is 3.28. The molecule has 0 aromatic heterocycles. The van der Waals surface area contributed by atoms with Gasteiger partial charge in [-0.2, -0.15) is 0 Å². The van der Waals surface area contributed by atoms with Crippen molar-refractivity contribution in [2.45, 2.75) is 57.3 Å². The quantitative estimate of drug-likeness (QED) is 0.476. The molecule has 1 rings (SSSR count). The lowest BCUT2D eigenvalue weighted by Crippen LogP contribution is -2.25. The van der Waals surface area contributed by atoms with Crippen LogP contribution in [0.3, 0.4) is 0 Å². The first-order valence-corrected chi connectivity index (χ1v) is 7.76. The van der Waals surface area contributed by atoms with Gasteiger partial charge in [0, 0.05) is 23.7 Å². The Hall–Kier alpha value is -0.630. The van der Waals surface area contributed by atoms with Crippen LogP contribution < -0.4 is 4.90 Å². The second-order valence-corrected chi connectivity index (χ2v) is 5.43. The molecule has 2 heteroatoms. The Morgan fingerprint density at radius 1 is 0.833 bits per heavy atom. The molecule has 0 N–H and O–H groups in total. The molecule has 18 heavy (non-hydrogen) atoms. The molecule has 0 atom stereocenters. The molecule has 102 valence electrons. The number of hydrogen-bond donors (Lipinski definition) is 1. The number of rotatable bonds is 9. The third kappa shape index (κ3) is 5.81. The van der Waals surface area contributed by atoms with Crippen LogP contribution in [-0.4, -0.2) is 13.1 Å². The summed E-state index contributed by atoms with van der Waals surface area (Å²) in [5.74, 6) is 0. The van der Waals surface area contributed by atoms with Gasteiger partial charge in [0.2, 0.25) is 0 Å². The van der Waals surface area contributed by atoms with Gasteiger partial charge in [-0.15, -0.1) is 12.6 Å². The van der Waals surface area contributed by atoms with Gasteiger partial charge in [-0.05, 0) is 37.1 Å². The number of anilines is 1. The molecule has 0 aliphatic rings. The molecule has 0 radical (unpaired) electrons. The molecule has 0 unspecified atom stereocenters. The standard InChI is InChI=1S/C16H27NS/c1-3-5-7-13-17(14-8-6-4-2)15-9-11-16(18)12-10-15/h9-12,18H,3-8,13-14H2,1-2H3. The van der Waals surface area contributed by atoms with Crippen molar-refractivity contribution in [2.24, 2.45) is 0 Å². The summed E-state index contributed by atoms with van der Waals surface area (Å²) in [7, 11) is 0. The minimum Gasteiger partial charge on any atom is -0.372 e. The van der Waals surface area contributed by atoms with Gasteiger partial charge in [-0.1, -0.05) is 39.5 Å². The Labute approximate surface area is 118 Å². The van der Waals surface area contributed by atoms with Gasteiger partial charge in [0.05, 0.1) is 0 Å². The molecule has 0 bridgehead atoms. The van der Waals surface area contributed by atoms with Crippen molar-refractivity contribution in [3.8, 4) is 0 Å². The SMILES string of the molecule is CCCCCN(CCCCC)c1ccc(S)cc1. The highest BCUT2D eigenvalue weighted by Gasteiger charge is 2.05. The smallest absolute Gasteiger partial charge is 0.0366 e. The molecule has 1 aromatic rings. The topological polar surface area (TPSA) is 3.24 Å². The summed E-state index contributed by atoms with van der Waals surface area (Å²) in [6.07, 6.45) is 7.83. The van der Waals surface area contributed by atoms with Gasteiger partial charge < -0.3 is 4.90 Å². The van der Waals surface area contributed by atoms with Crippen LogP contribution in [-0.2, 0) is 0 Å². The molecule has 0 saturated carbocycles. The third-order valence-corrected chi connectivity index (χ3v) is 3.58. The lowest BCUT2D eigenvalue weighted by molar-refractivity contribution is 0.636. The van der Waals surface area contributed by atoms with Crippen molar-refractivity contribution >= 4 is 18.3 Å². The molecular formula is C16H27NS. The fourth-order valence-corrected chi connectivity index (χ4v) is 2.29. The number of nitrogens with zero attached hydrogens (tertiary/aromatic N) is 1. The minimum absolute atomic E-state index is 1.04. The summed E-state index contributed by atoms with van der Waals surface area (Å²) in [5.41, 5.74) is 1.35. The molecule has 0 heterocycles. The van der Waals surface area contributed by atoms with Crippen molar-refractivity contribution in [2.75, 3.05) is 18.0 Å². The number of unbranched alkanes of at least 4 members (excludes halogenated alkanes) is 4. The minimum atomic E-state index is 1.04. The molecule has 0 fully saturated rings. The van der Waals surface area contributed by atoms with E-state index >= 15 is 0 Å². The van der Waals surface area contributed by atoms with Crippen LogP contribution in [0.2, 0.25) is 0 Å². The molecule has 0 amide bonds. The molecule has 1 nitrogen and oxygen atoms in total. The maximum atomic E-state index is 4.35. The second-order valence-electron chi connectivity index (χ2n) is 4.92. The summed E-state index contributed by atoms with van der Waals surface area (Å²) in [6.45, 7) is 6.89. The Morgan fingerprint density at radius 3 is 1.78 bits per heavy atom. The van der Waals surface area contributed by atoms with E-state index in [2.05, 4.69) is 55.6 Å². The zero-order valence-corrected chi connectivity index (χ0v) is 12.8. The van der Waals surface area contributed by atoms with Crippen LogP contribution in [0.4, 0.5) is 5.69 Å². The maximum Gasteiger partial charge on any atom is 0.0366 e. The van der Waals surface area contributed by atoms with Gasteiger partial charge in [0.15, 0.2) is 0 Å². The molecule has 0 saturated heterocycles. The Balaban J connectivity index is 2.54. The van der Waals surface area contributed by atoms with Gasteiger partial charge in [-0.3, -0.25) is 0 Å². The van der Waals surface area contributed by atoms with Crippen molar-refractivity contribution in [3.63, 3.8) is 0 Å². The summed E-state index contributed by atoms with van der Waals surface area (Å²) in [4.78, 5) is 3.57. The van der Waals surface area contributed by atoms with Crippen molar-refractivity contribution in [1.29, 1.82) is 0 Å². The summed E-state index contributed by atoms with van der Waals surface area (Å²) < 4.78 is 0. The number of benzene rings is 1. The summed E-state index contributed by atoms with van der Waals surface area (Å²) >= 11 is 4.35. The summed E-state index contributed by atoms with van der Waals surface area (Å²) in [6, 6.07) is 8.57. The normalized spacial score (nSPS) is 10.6. The lowest BCUT2D eigenvalue weighted by Gasteiger charge is -2.25. The van der Waals surface area contributed by atoms with Crippen LogP contribution in [0.15, 0.2) is 29.2 Å². The van der Waals surface area contributed by atoms with Crippen molar-refractivity contribution < 1.29 is 0 Å². The zero-order chi connectivity index (χ0) is 13.2. The van der Waals surface area contributed by atoms with Crippen molar-refractivity contribution in [3.05, 3.63) is 24.3 Å².